The van der Waals surface area contributed by atoms with Crippen LogP contribution in [0.3, 0.4) is 0 Å². The fourth-order valence-corrected chi connectivity index (χ4v) is 1.07. The Labute approximate surface area is 78.0 Å². The molecule has 0 saturated carbocycles. The third-order valence-electron chi connectivity index (χ3n) is 1.69. The number of halogens is 3. The Morgan fingerprint density at radius 2 is 1.93 bits per heavy atom. The molecule has 0 aromatic heterocycles. The maximum atomic E-state index is 12.3. The first-order chi connectivity index (χ1) is 6.32. The summed E-state index contributed by atoms with van der Waals surface area (Å²) in [7, 11) is 0. The number of hydrogen-bond acceptors (Lipinski definition) is 2. The monoisotopic (exact) mass is 204 g/mol. The summed E-state index contributed by atoms with van der Waals surface area (Å²) in [5, 5.41) is 8.93. The molecule has 5 heteroatoms. The van der Waals surface area contributed by atoms with Crippen molar-refractivity contribution >= 4 is 5.78 Å². The molecule has 1 aromatic rings. The van der Waals surface area contributed by atoms with Crippen LogP contribution in [0.2, 0.25) is 0 Å². The summed E-state index contributed by atoms with van der Waals surface area (Å²) in [4.78, 5) is 10.9. The maximum absolute atomic E-state index is 12.3. The van der Waals surface area contributed by atoms with Crippen molar-refractivity contribution in [3.8, 4) is 5.75 Å². The maximum Gasteiger partial charge on any atom is 0.417 e. The van der Waals surface area contributed by atoms with Crippen LogP contribution in [0.4, 0.5) is 13.2 Å². The average Bonchev–Trinajstić information content (AvgIpc) is 2.01. The third-order valence-corrected chi connectivity index (χ3v) is 1.69. The zero-order valence-electron chi connectivity index (χ0n) is 7.22. The molecule has 0 unspecified atom stereocenters. The molecule has 0 bridgehead atoms. The third kappa shape index (κ3) is 2.04. The minimum atomic E-state index is -4.57. The summed E-state index contributed by atoms with van der Waals surface area (Å²) in [5.74, 6) is -1.09. The van der Waals surface area contributed by atoms with Crippen molar-refractivity contribution in [3.05, 3.63) is 29.3 Å². The number of benzene rings is 1. The standard InChI is InChI=1S/C9H7F3O2/c1-5(13)7-4-6(14)2-3-8(7)9(10,11)12/h2-4,14H,1H3. The first kappa shape index (κ1) is 10.6. The lowest BCUT2D eigenvalue weighted by Crippen LogP contribution is -2.11. The summed E-state index contributed by atoms with van der Waals surface area (Å²) < 4.78 is 36.9. The molecule has 0 radical (unpaired) electrons. The molecule has 0 aliphatic carbocycles. The predicted molar refractivity (Wildman–Crippen MR) is 43.1 cm³/mol. The largest absolute Gasteiger partial charge is 0.508 e. The van der Waals surface area contributed by atoms with E-state index in [0.29, 0.717) is 6.07 Å². The van der Waals surface area contributed by atoms with Gasteiger partial charge < -0.3 is 5.11 Å². The molecular formula is C9H7F3O2. The molecule has 1 N–H and O–H groups in total. The molecule has 14 heavy (non-hydrogen) atoms. The van der Waals surface area contributed by atoms with E-state index in [1.54, 1.807) is 0 Å². The molecule has 1 aromatic carbocycles. The van der Waals surface area contributed by atoms with Crippen LogP contribution in [-0.2, 0) is 6.18 Å². The van der Waals surface area contributed by atoms with Gasteiger partial charge in [-0.3, -0.25) is 4.79 Å². The number of carbonyl (C=O) groups is 1. The SMILES string of the molecule is CC(=O)c1cc(O)ccc1C(F)(F)F. The molecule has 76 valence electrons. The second-order valence-electron chi connectivity index (χ2n) is 2.78. The summed E-state index contributed by atoms with van der Waals surface area (Å²) in [6, 6.07) is 2.40. The molecule has 0 heterocycles. The highest BCUT2D eigenvalue weighted by Gasteiger charge is 2.34. The first-order valence-corrected chi connectivity index (χ1v) is 3.73. The zero-order valence-corrected chi connectivity index (χ0v) is 7.22. The van der Waals surface area contributed by atoms with Gasteiger partial charge in [0.1, 0.15) is 5.75 Å². The second-order valence-corrected chi connectivity index (χ2v) is 2.78. The lowest BCUT2D eigenvalue weighted by atomic mass is 10.0. The number of phenols is 1. The van der Waals surface area contributed by atoms with Crippen LogP contribution in [0.5, 0.6) is 5.75 Å². The fraction of sp³-hybridized carbons (Fsp3) is 0.222. The Morgan fingerprint density at radius 3 is 2.36 bits per heavy atom. The average molecular weight is 204 g/mol. The molecule has 0 spiro atoms. The highest BCUT2D eigenvalue weighted by atomic mass is 19.4. The topological polar surface area (TPSA) is 37.3 Å². The lowest BCUT2D eigenvalue weighted by Gasteiger charge is -2.10. The number of alkyl halides is 3. The van der Waals surface area contributed by atoms with Gasteiger partial charge >= 0.3 is 6.18 Å². The zero-order chi connectivity index (χ0) is 10.9. The van der Waals surface area contributed by atoms with Crippen molar-refractivity contribution in [1.29, 1.82) is 0 Å². The quantitative estimate of drug-likeness (QED) is 0.714. The molecule has 0 saturated heterocycles. The van der Waals surface area contributed by atoms with E-state index in [-0.39, 0.29) is 5.75 Å². The van der Waals surface area contributed by atoms with Crippen molar-refractivity contribution in [3.63, 3.8) is 0 Å². The Bertz CT molecular complexity index is 369. The van der Waals surface area contributed by atoms with Crippen LogP contribution in [-0.4, -0.2) is 10.9 Å². The summed E-state index contributed by atoms with van der Waals surface area (Å²) in [5.41, 5.74) is -1.54. The molecule has 1 rings (SSSR count). The normalized spacial score (nSPS) is 11.4. The molecule has 0 aliphatic rings. The smallest absolute Gasteiger partial charge is 0.417 e. The number of aromatic hydroxyl groups is 1. The Morgan fingerprint density at radius 1 is 1.36 bits per heavy atom. The van der Waals surface area contributed by atoms with E-state index in [1.165, 1.54) is 0 Å². The second kappa shape index (κ2) is 3.32. The van der Waals surface area contributed by atoms with Gasteiger partial charge in [0.2, 0.25) is 0 Å². The van der Waals surface area contributed by atoms with Crippen LogP contribution in [0.25, 0.3) is 0 Å². The number of phenolic OH excluding ortho intramolecular Hbond substituents is 1. The van der Waals surface area contributed by atoms with E-state index in [2.05, 4.69) is 0 Å². The number of rotatable bonds is 1. The molecule has 0 atom stereocenters. The summed E-state index contributed by atoms with van der Waals surface area (Å²) in [6.07, 6.45) is -4.57. The summed E-state index contributed by atoms with van der Waals surface area (Å²) >= 11 is 0. The number of hydrogen-bond donors (Lipinski definition) is 1. The Hall–Kier alpha value is -1.52. The highest BCUT2D eigenvalue weighted by molar-refractivity contribution is 5.96. The van der Waals surface area contributed by atoms with Crippen molar-refractivity contribution in [2.75, 3.05) is 0 Å². The van der Waals surface area contributed by atoms with Crippen LogP contribution >= 0.6 is 0 Å². The van der Waals surface area contributed by atoms with Gasteiger partial charge in [0, 0.05) is 5.56 Å². The molecule has 0 amide bonds. The van der Waals surface area contributed by atoms with Gasteiger partial charge in [-0.15, -0.1) is 0 Å². The van der Waals surface area contributed by atoms with Gasteiger partial charge in [-0.2, -0.15) is 13.2 Å². The van der Waals surface area contributed by atoms with Crippen molar-refractivity contribution < 1.29 is 23.1 Å². The molecule has 0 fully saturated rings. The summed E-state index contributed by atoms with van der Waals surface area (Å²) in [6.45, 7) is 1.02. The lowest BCUT2D eigenvalue weighted by molar-refractivity contribution is -0.137. The molecule has 0 aliphatic heterocycles. The Balaban J connectivity index is 3.37. The van der Waals surface area contributed by atoms with Crippen LogP contribution in [0.15, 0.2) is 18.2 Å². The van der Waals surface area contributed by atoms with Gasteiger partial charge in [0.15, 0.2) is 5.78 Å². The fourth-order valence-electron chi connectivity index (χ4n) is 1.07. The minimum Gasteiger partial charge on any atom is -0.508 e. The van der Waals surface area contributed by atoms with Crippen molar-refractivity contribution in [2.45, 2.75) is 13.1 Å². The van der Waals surface area contributed by atoms with Crippen LogP contribution in [0.1, 0.15) is 22.8 Å². The molecular weight excluding hydrogens is 197 g/mol. The van der Waals surface area contributed by atoms with Crippen molar-refractivity contribution in [2.24, 2.45) is 0 Å². The number of Topliss-reactive ketones (excluding diaryl/α,β-unsaturated/α-hetero) is 1. The van der Waals surface area contributed by atoms with Gasteiger partial charge in [-0.1, -0.05) is 0 Å². The van der Waals surface area contributed by atoms with Gasteiger partial charge in [0.05, 0.1) is 5.56 Å². The number of ketones is 1. The minimum absolute atomic E-state index is 0.358. The first-order valence-electron chi connectivity index (χ1n) is 3.73. The van der Waals surface area contributed by atoms with E-state index < -0.39 is 23.1 Å². The highest BCUT2D eigenvalue weighted by Crippen LogP contribution is 2.33. The van der Waals surface area contributed by atoms with E-state index in [0.717, 1.165) is 19.1 Å². The van der Waals surface area contributed by atoms with Crippen LogP contribution in [0, 0.1) is 0 Å². The predicted octanol–water partition coefficient (Wildman–Crippen LogP) is 2.61. The van der Waals surface area contributed by atoms with Gasteiger partial charge in [-0.05, 0) is 25.1 Å². The number of carbonyl (C=O) groups excluding carboxylic acids is 1. The van der Waals surface area contributed by atoms with Crippen molar-refractivity contribution in [1.82, 2.24) is 0 Å². The van der Waals surface area contributed by atoms with E-state index in [9.17, 15) is 18.0 Å². The van der Waals surface area contributed by atoms with Crippen LogP contribution < -0.4 is 0 Å². The Kier molecular flexibility index (Phi) is 2.51. The van der Waals surface area contributed by atoms with Gasteiger partial charge in [0.25, 0.3) is 0 Å². The van der Waals surface area contributed by atoms with E-state index in [4.69, 9.17) is 5.11 Å². The molecule has 2 nitrogen and oxygen atoms in total. The van der Waals surface area contributed by atoms with E-state index in [1.807, 2.05) is 0 Å². The van der Waals surface area contributed by atoms with Gasteiger partial charge in [-0.25, -0.2) is 0 Å². The van der Waals surface area contributed by atoms with E-state index >= 15 is 0 Å².